The molecule has 1 aliphatic heterocycles. The topological polar surface area (TPSA) is 99.1 Å². The Hall–Kier alpha value is -3.48. The monoisotopic (exact) mass is 351 g/mol. The Bertz CT molecular complexity index is 936. The van der Waals surface area contributed by atoms with E-state index in [2.05, 4.69) is 10.5 Å². The fraction of sp³-hybridized carbons (Fsp3) is 0.158. The zero-order valence-electron chi connectivity index (χ0n) is 14.3. The summed E-state index contributed by atoms with van der Waals surface area (Å²) in [5.41, 5.74) is 1.87. The van der Waals surface area contributed by atoms with Crippen LogP contribution in [0.1, 0.15) is 11.1 Å². The molecule has 26 heavy (non-hydrogen) atoms. The van der Waals surface area contributed by atoms with E-state index < -0.39 is 29.4 Å². The summed E-state index contributed by atoms with van der Waals surface area (Å²) in [6.45, 7) is 3.55. The van der Waals surface area contributed by atoms with E-state index >= 15 is 0 Å². The molecule has 1 saturated heterocycles. The largest absolute Gasteiger partial charge is 0.410 e. The summed E-state index contributed by atoms with van der Waals surface area (Å²) >= 11 is 0. The summed E-state index contributed by atoms with van der Waals surface area (Å²) in [6.07, 6.45) is 0. The fourth-order valence-corrected chi connectivity index (χ4v) is 2.88. The lowest BCUT2D eigenvalue weighted by molar-refractivity contribution is -0.127. The highest BCUT2D eigenvalue weighted by Gasteiger charge is 2.50. The van der Waals surface area contributed by atoms with Crippen LogP contribution in [0, 0.1) is 19.8 Å². The van der Waals surface area contributed by atoms with Gasteiger partial charge in [-0.25, -0.2) is 4.90 Å². The number of hydrogen-bond donors (Lipinski definition) is 2. The Morgan fingerprint density at radius 3 is 2.27 bits per heavy atom. The van der Waals surface area contributed by atoms with Gasteiger partial charge in [-0.3, -0.25) is 14.4 Å². The standard InChI is InChI=1S/C19H17N3O4/c1-11-7-3-5-9-13(11)20-17(23)15-16(21-26)19(25)22(18(15)24)14-10-6-4-8-12(14)2/h3-10,15,26H,1-2H3,(H,20,23). The summed E-state index contributed by atoms with van der Waals surface area (Å²) in [6, 6.07) is 13.8. The zero-order valence-corrected chi connectivity index (χ0v) is 14.3. The summed E-state index contributed by atoms with van der Waals surface area (Å²) in [5.74, 6) is -3.78. The molecule has 0 bridgehead atoms. The van der Waals surface area contributed by atoms with E-state index in [9.17, 15) is 19.6 Å². The van der Waals surface area contributed by atoms with Crippen molar-refractivity contribution in [2.75, 3.05) is 10.2 Å². The average molecular weight is 351 g/mol. The van der Waals surface area contributed by atoms with Gasteiger partial charge in [0.15, 0.2) is 11.6 Å². The van der Waals surface area contributed by atoms with E-state index in [0.29, 0.717) is 16.9 Å². The lowest BCUT2D eigenvalue weighted by Crippen LogP contribution is -2.35. The molecule has 2 aromatic carbocycles. The number of carbonyl (C=O) groups is 3. The average Bonchev–Trinajstić information content (AvgIpc) is 2.87. The number of oxime groups is 1. The van der Waals surface area contributed by atoms with Gasteiger partial charge in [-0.05, 0) is 37.1 Å². The zero-order chi connectivity index (χ0) is 18.8. The second-order valence-electron chi connectivity index (χ2n) is 5.99. The fourth-order valence-electron chi connectivity index (χ4n) is 2.88. The second kappa shape index (κ2) is 6.79. The summed E-state index contributed by atoms with van der Waals surface area (Å²) in [5, 5.41) is 14.8. The van der Waals surface area contributed by atoms with E-state index in [1.54, 1.807) is 56.3 Å². The molecular weight excluding hydrogens is 334 g/mol. The van der Waals surface area contributed by atoms with Gasteiger partial charge in [-0.1, -0.05) is 41.6 Å². The smallest absolute Gasteiger partial charge is 0.284 e. The molecule has 0 aromatic heterocycles. The number of imide groups is 1. The molecule has 132 valence electrons. The highest BCUT2D eigenvalue weighted by molar-refractivity contribution is 6.61. The minimum Gasteiger partial charge on any atom is -0.410 e. The van der Waals surface area contributed by atoms with Crippen LogP contribution in [0.25, 0.3) is 0 Å². The first-order valence-electron chi connectivity index (χ1n) is 7.98. The van der Waals surface area contributed by atoms with Crippen LogP contribution in [-0.4, -0.2) is 28.6 Å². The van der Waals surface area contributed by atoms with Crippen LogP contribution in [0.15, 0.2) is 53.7 Å². The number of carbonyl (C=O) groups excluding carboxylic acids is 3. The van der Waals surface area contributed by atoms with Gasteiger partial charge >= 0.3 is 0 Å². The van der Waals surface area contributed by atoms with E-state index in [4.69, 9.17) is 0 Å². The highest BCUT2D eigenvalue weighted by atomic mass is 16.4. The number of amides is 3. The van der Waals surface area contributed by atoms with Gasteiger partial charge in [0.2, 0.25) is 5.91 Å². The van der Waals surface area contributed by atoms with Gasteiger partial charge in [0.05, 0.1) is 5.69 Å². The molecule has 1 unspecified atom stereocenters. The molecule has 1 heterocycles. The number of nitrogens with one attached hydrogen (secondary N) is 1. The van der Waals surface area contributed by atoms with Crippen molar-refractivity contribution in [3.05, 3.63) is 59.7 Å². The Morgan fingerprint density at radius 1 is 1.04 bits per heavy atom. The van der Waals surface area contributed by atoms with Crippen molar-refractivity contribution in [1.29, 1.82) is 0 Å². The number of para-hydroxylation sites is 2. The number of benzene rings is 2. The Labute approximate surface area is 149 Å². The van der Waals surface area contributed by atoms with Crippen molar-refractivity contribution in [3.8, 4) is 0 Å². The maximum atomic E-state index is 12.8. The molecule has 2 N–H and O–H groups in total. The maximum absolute atomic E-state index is 12.8. The second-order valence-corrected chi connectivity index (χ2v) is 5.99. The van der Waals surface area contributed by atoms with Gasteiger partial charge < -0.3 is 10.5 Å². The maximum Gasteiger partial charge on any atom is 0.284 e. The number of anilines is 2. The lowest BCUT2D eigenvalue weighted by atomic mass is 10.0. The van der Waals surface area contributed by atoms with Crippen molar-refractivity contribution >= 4 is 34.8 Å². The molecule has 1 fully saturated rings. The van der Waals surface area contributed by atoms with Gasteiger partial charge in [-0.2, -0.15) is 0 Å². The van der Waals surface area contributed by atoms with Crippen LogP contribution in [0.4, 0.5) is 11.4 Å². The molecule has 0 saturated carbocycles. The molecular formula is C19H17N3O4. The van der Waals surface area contributed by atoms with Crippen LogP contribution in [0.5, 0.6) is 0 Å². The number of aryl methyl sites for hydroxylation is 2. The molecule has 1 atom stereocenters. The Balaban J connectivity index is 1.96. The van der Waals surface area contributed by atoms with Crippen molar-refractivity contribution in [1.82, 2.24) is 0 Å². The number of nitrogens with zero attached hydrogens (tertiary/aromatic N) is 2. The predicted molar refractivity (Wildman–Crippen MR) is 96.2 cm³/mol. The first kappa shape index (κ1) is 17.3. The van der Waals surface area contributed by atoms with E-state index in [1.165, 1.54) is 0 Å². The molecule has 1 aliphatic rings. The van der Waals surface area contributed by atoms with Crippen LogP contribution >= 0.6 is 0 Å². The van der Waals surface area contributed by atoms with E-state index in [1.807, 2.05) is 6.07 Å². The quantitative estimate of drug-likeness (QED) is 0.383. The first-order valence-corrected chi connectivity index (χ1v) is 7.98. The minimum atomic E-state index is -1.51. The molecule has 3 amide bonds. The molecule has 0 radical (unpaired) electrons. The highest BCUT2D eigenvalue weighted by Crippen LogP contribution is 2.28. The van der Waals surface area contributed by atoms with Crippen molar-refractivity contribution in [2.45, 2.75) is 13.8 Å². The Morgan fingerprint density at radius 2 is 1.65 bits per heavy atom. The van der Waals surface area contributed by atoms with Crippen molar-refractivity contribution in [3.63, 3.8) is 0 Å². The van der Waals surface area contributed by atoms with Gasteiger partial charge in [0.1, 0.15) is 0 Å². The molecule has 0 spiro atoms. The van der Waals surface area contributed by atoms with Crippen molar-refractivity contribution in [2.24, 2.45) is 11.1 Å². The van der Waals surface area contributed by atoms with Gasteiger partial charge in [0, 0.05) is 5.69 Å². The van der Waals surface area contributed by atoms with Crippen LogP contribution < -0.4 is 10.2 Å². The molecule has 7 heteroatoms. The summed E-state index contributed by atoms with van der Waals surface area (Å²) in [7, 11) is 0. The normalized spacial score (nSPS) is 18.5. The summed E-state index contributed by atoms with van der Waals surface area (Å²) < 4.78 is 0. The number of hydrogen-bond acceptors (Lipinski definition) is 5. The van der Waals surface area contributed by atoms with E-state index in [0.717, 1.165) is 10.5 Å². The van der Waals surface area contributed by atoms with E-state index in [-0.39, 0.29) is 0 Å². The van der Waals surface area contributed by atoms with Crippen molar-refractivity contribution < 1.29 is 19.6 Å². The Kier molecular flexibility index (Phi) is 4.53. The third-order valence-corrected chi connectivity index (χ3v) is 4.29. The van der Waals surface area contributed by atoms with Gasteiger partial charge in [-0.15, -0.1) is 0 Å². The van der Waals surface area contributed by atoms with Crippen LogP contribution in [-0.2, 0) is 14.4 Å². The molecule has 3 rings (SSSR count). The summed E-state index contributed by atoms with van der Waals surface area (Å²) in [4.78, 5) is 38.9. The predicted octanol–water partition coefficient (Wildman–Crippen LogP) is 2.26. The lowest BCUT2D eigenvalue weighted by Gasteiger charge is -2.16. The SMILES string of the molecule is Cc1ccccc1NC(=O)C1C(=O)N(c2ccccc2C)C(=O)C1=NO. The van der Waals surface area contributed by atoms with Crippen LogP contribution in [0.3, 0.4) is 0 Å². The minimum absolute atomic E-state index is 0.356. The third-order valence-electron chi connectivity index (χ3n) is 4.29. The molecule has 0 aliphatic carbocycles. The first-order chi connectivity index (χ1) is 12.5. The third kappa shape index (κ3) is 2.83. The van der Waals surface area contributed by atoms with Crippen LogP contribution in [0.2, 0.25) is 0 Å². The molecule has 2 aromatic rings. The number of rotatable bonds is 3. The molecule has 7 nitrogen and oxygen atoms in total. The van der Waals surface area contributed by atoms with Gasteiger partial charge in [0.25, 0.3) is 11.8 Å².